The highest BCUT2D eigenvalue weighted by molar-refractivity contribution is 5.35. The van der Waals surface area contributed by atoms with E-state index in [2.05, 4.69) is 20.4 Å². The number of likely N-dealkylation sites (N-methyl/N-ethyl adjacent to an activating group) is 1. The van der Waals surface area contributed by atoms with Crippen LogP contribution >= 0.6 is 0 Å². The Kier molecular flexibility index (Phi) is 5.74. The minimum absolute atomic E-state index is 0.744. The molecule has 0 radical (unpaired) electrons. The molecule has 0 saturated carbocycles. The van der Waals surface area contributed by atoms with E-state index in [9.17, 15) is 0 Å². The molecule has 0 saturated heterocycles. The molecular formula is C11H20N4O. The summed E-state index contributed by atoms with van der Waals surface area (Å²) < 4.78 is 4.95. The van der Waals surface area contributed by atoms with Crippen LogP contribution in [0.3, 0.4) is 0 Å². The van der Waals surface area contributed by atoms with Gasteiger partial charge in [-0.25, -0.2) is 0 Å². The van der Waals surface area contributed by atoms with E-state index in [0.29, 0.717) is 0 Å². The number of nitrogens with zero attached hydrogens (tertiary/aromatic N) is 3. The maximum absolute atomic E-state index is 4.95. The molecule has 5 heteroatoms. The molecule has 1 N–H and O–H groups in total. The third-order valence-corrected chi connectivity index (χ3v) is 2.28. The summed E-state index contributed by atoms with van der Waals surface area (Å²) >= 11 is 0. The average molecular weight is 224 g/mol. The van der Waals surface area contributed by atoms with Gasteiger partial charge in [-0.15, -0.1) is 5.10 Å². The summed E-state index contributed by atoms with van der Waals surface area (Å²) in [5.41, 5.74) is 0.940. The zero-order valence-electron chi connectivity index (χ0n) is 10.2. The fourth-order valence-electron chi connectivity index (χ4n) is 1.26. The Balaban J connectivity index is 2.24. The molecule has 1 rings (SSSR count). The second-order valence-electron chi connectivity index (χ2n) is 3.70. The van der Waals surface area contributed by atoms with Gasteiger partial charge in [-0.1, -0.05) is 0 Å². The Morgan fingerprint density at radius 1 is 1.31 bits per heavy atom. The van der Waals surface area contributed by atoms with Gasteiger partial charge in [-0.2, -0.15) is 5.10 Å². The minimum atomic E-state index is 0.744. The van der Waals surface area contributed by atoms with Crippen molar-refractivity contribution in [2.75, 3.05) is 45.3 Å². The van der Waals surface area contributed by atoms with Crippen molar-refractivity contribution in [3.63, 3.8) is 0 Å². The third kappa shape index (κ3) is 4.55. The molecule has 1 aromatic rings. The lowest BCUT2D eigenvalue weighted by atomic mass is 10.4. The van der Waals surface area contributed by atoms with Gasteiger partial charge in [-0.3, -0.25) is 0 Å². The monoisotopic (exact) mass is 224 g/mol. The van der Waals surface area contributed by atoms with Crippen molar-refractivity contribution in [1.82, 2.24) is 15.5 Å². The highest BCUT2D eigenvalue weighted by atomic mass is 16.5. The van der Waals surface area contributed by atoms with Crippen molar-refractivity contribution in [3.05, 3.63) is 17.8 Å². The molecule has 0 amide bonds. The van der Waals surface area contributed by atoms with E-state index < -0.39 is 0 Å². The number of anilines is 1. The Labute approximate surface area is 96.8 Å². The van der Waals surface area contributed by atoms with Crippen molar-refractivity contribution in [2.45, 2.75) is 6.92 Å². The fraction of sp³-hybridized carbons (Fsp3) is 0.636. The van der Waals surface area contributed by atoms with Gasteiger partial charge in [0, 0.05) is 33.8 Å². The minimum Gasteiger partial charge on any atom is -0.383 e. The number of hydrogen-bond donors (Lipinski definition) is 1. The van der Waals surface area contributed by atoms with Gasteiger partial charge in [0.25, 0.3) is 0 Å². The highest BCUT2D eigenvalue weighted by Gasteiger charge is 2.01. The second-order valence-corrected chi connectivity index (χ2v) is 3.70. The lowest BCUT2D eigenvalue weighted by Gasteiger charge is -2.17. The first-order chi connectivity index (χ1) is 7.74. The van der Waals surface area contributed by atoms with Crippen LogP contribution in [0.5, 0.6) is 0 Å². The van der Waals surface area contributed by atoms with E-state index in [-0.39, 0.29) is 0 Å². The molecule has 0 unspecified atom stereocenters. The fourth-order valence-corrected chi connectivity index (χ4v) is 1.26. The summed E-state index contributed by atoms with van der Waals surface area (Å²) in [6, 6.07) is 3.95. The van der Waals surface area contributed by atoms with Crippen LogP contribution in [-0.2, 0) is 4.74 Å². The van der Waals surface area contributed by atoms with Crippen LogP contribution in [0.2, 0.25) is 0 Å². The number of nitrogens with one attached hydrogen (secondary N) is 1. The van der Waals surface area contributed by atoms with E-state index in [4.69, 9.17) is 4.74 Å². The van der Waals surface area contributed by atoms with Gasteiger partial charge in [0.05, 0.1) is 12.3 Å². The van der Waals surface area contributed by atoms with E-state index in [1.165, 1.54) is 0 Å². The number of ether oxygens (including phenoxy) is 1. The van der Waals surface area contributed by atoms with Gasteiger partial charge in [-0.05, 0) is 19.1 Å². The molecule has 0 bridgehead atoms. The summed E-state index contributed by atoms with van der Waals surface area (Å²) in [6.07, 6.45) is 0. The molecule has 0 spiro atoms. The number of methoxy groups -OCH3 is 1. The molecule has 0 aromatic carbocycles. The summed E-state index contributed by atoms with van der Waals surface area (Å²) in [6.45, 7) is 5.37. The van der Waals surface area contributed by atoms with Crippen molar-refractivity contribution in [3.8, 4) is 0 Å². The summed E-state index contributed by atoms with van der Waals surface area (Å²) in [5, 5.41) is 11.4. The molecule has 16 heavy (non-hydrogen) atoms. The van der Waals surface area contributed by atoms with Crippen LogP contribution < -0.4 is 10.2 Å². The first-order valence-corrected chi connectivity index (χ1v) is 5.45. The standard InChI is InChI=1S/C11H20N4O/c1-10-4-5-11(14-13-10)15(2)8-6-12-7-9-16-3/h4-5,12H,6-9H2,1-3H3. The molecule has 0 aliphatic carbocycles. The van der Waals surface area contributed by atoms with Crippen LogP contribution in [-0.4, -0.2) is 50.6 Å². The van der Waals surface area contributed by atoms with Gasteiger partial charge in [0.1, 0.15) is 0 Å². The van der Waals surface area contributed by atoms with Crippen LogP contribution in [0.25, 0.3) is 0 Å². The Bertz CT molecular complexity index is 289. The zero-order chi connectivity index (χ0) is 11.8. The van der Waals surface area contributed by atoms with Crippen molar-refractivity contribution in [1.29, 1.82) is 0 Å². The average Bonchev–Trinajstić information content (AvgIpc) is 2.29. The second kappa shape index (κ2) is 7.14. The normalized spacial score (nSPS) is 10.4. The van der Waals surface area contributed by atoms with E-state index in [1.807, 2.05) is 26.1 Å². The Hall–Kier alpha value is -1.20. The lowest BCUT2D eigenvalue weighted by Crippen LogP contribution is -2.31. The summed E-state index contributed by atoms with van der Waals surface area (Å²) in [4.78, 5) is 2.08. The molecule has 0 fully saturated rings. The number of aromatic nitrogens is 2. The molecular weight excluding hydrogens is 204 g/mol. The molecule has 1 heterocycles. The van der Waals surface area contributed by atoms with Crippen LogP contribution in [0, 0.1) is 6.92 Å². The van der Waals surface area contributed by atoms with Gasteiger partial charge >= 0.3 is 0 Å². The van der Waals surface area contributed by atoms with Crippen LogP contribution in [0.15, 0.2) is 12.1 Å². The molecule has 0 aliphatic heterocycles. The predicted molar refractivity (Wildman–Crippen MR) is 64.8 cm³/mol. The van der Waals surface area contributed by atoms with E-state index in [0.717, 1.165) is 37.8 Å². The van der Waals surface area contributed by atoms with Crippen molar-refractivity contribution >= 4 is 5.82 Å². The largest absolute Gasteiger partial charge is 0.383 e. The van der Waals surface area contributed by atoms with Crippen LogP contribution in [0.4, 0.5) is 5.82 Å². The van der Waals surface area contributed by atoms with Gasteiger partial charge in [0.15, 0.2) is 5.82 Å². The third-order valence-electron chi connectivity index (χ3n) is 2.28. The molecule has 0 aliphatic rings. The van der Waals surface area contributed by atoms with Gasteiger partial charge in [0.2, 0.25) is 0 Å². The van der Waals surface area contributed by atoms with Crippen LogP contribution in [0.1, 0.15) is 5.69 Å². The number of hydrogen-bond acceptors (Lipinski definition) is 5. The first-order valence-electron chi connectivity index (χ1n) is 5.45. The topological polar surface area (TPSA) is 50.3 Å². The number of rotatable bonds is 7. The van der Waals surface area contributed by atoms with Gasteiger partial charge < -0.3 is 15.0 Å². The molecule has 5 nitrogen and oxygen atoms in total. The smallest absolute Gasteiger partial charge is 0.151 e. The van der Waals surface area contributed by atoms with Crippen molar-refractivity contribution in [2.24, 2.45) is 0 Å². The first kappa shape index (κ1) is 12.9. The maximum Gasteiger partial charge on any atom is 0.151 e. The molecule has 0 atom stereocenters. The Morgan fingerprint density at radius 3 is 2.75 bits per heavy atom. The Morgan fingerprint density at radius 2 is 2.12 bits per heavy atom. The van der Waals surface area contributed by atoms with E-state index in [1.54, 1.807) is 7.11 Å². The molecule has 90 valence electrons. The van der Waals surface area contributed by atoms with Crippen molar-refractivity contribution < 1.29 is 4.74 Å². The predicted octanol–water partition coefficient (Wildman–Crippen LogP) is 0.457. The number of aryl methyl sites for hydroxylation is 1. The van der Waals surface area contributed by atoms with E-state index >= 15 is 0 Å². The SMILES string of the molecule is COCCNCCN(C)c1ccc(C)nn1. The molecule has 1 aromatic heterocycles. The quantitative estimate of drug-likeness (QED) is 0.682. The summed E-state index contributed by atoms with van der Waals surface area (Å²) in [7, 11) is 3.72. The lowest BCUT2D eigenvalue weighted by molar-refractivity contribution is 0.200. The zero-order valence-corrected chi connectivity index (χ0v) is 10.2. The highest BCUT2D eigenvalue weighted by Crippen LogP contribution is 2.05. The maximum atomic E-state index is 4.95. The summed E-state index contributed by atoms with van der Waals surface area (Å²) in [5.74, 6) is 0.902.